The van der Waals surface area contributed by atoms with Gasteiger partial charge >= 0.3 is 0 Å². The van der Waals surface area contributed by atoms with Gasteiger partial charge in [-0.3, -0.25) is 4.79 Å². The number of hydrogen-bond donors (Lipinski definition) is 1. The fraction of sp³-hybridized carbons (Fsp3) is 0.667. The Morgan fingerprint density at radius 3 is 2.75 bits per heavy atom. The molecule has 1 aliphatic rings. The van der Waals surface area contributed by atoms with E-state index in [2.05, 4.69) is 13.8 Å². The number of amides is 1. The van der Waals surface area contributed by atoms with Crippen molar-refractivity contribution in [1.29, 1.82) is 0 Å². The summed E-state index contributed by atoms with van der Waals surface area (Å²) < 4.78 is 5.52. The highest BCUT2D eigenvalue weighted by Gasteiger charge is 2.25. The van der Waals surface area contributed by atoms with Crippen LogP contribution in [-0.2, 0) is 11.2 Å². The minimum Gasteiger partial charge on any atom is -0.394 e. The van der Waals surface area contributed by atoms with Crippen LogP contribution < -0.4 is 0 Å². The average molecular weight is 297 g/mol. The molecule has 1 N–H and O–H groups in total. The highest BCUT2D eigenvalue weighted by Crippen LogP contribution is 2.25. The lowest BCUT2D eigenvalue weighted by atomic mass is 10.1. The van der Waals surface area contributed by atoms with Crippen LogP contribution in [0, 0.1) is 6.92 Å². The first-order valence-electron chi connectivity index (χ1n) is 7.26. The molecule has 20 heavy (non-hydrogen) atoms. The number of thiophene rings is 1. The Labute approximate surface area is 124 Å². The third kappa shape index (κ3) is 3.59. The van der Waals surface area contributed by atoms with Gasteiger partial charge in [0.15, 0.2) is 0 Å². The molecule has 0 saturated carbocycles. The molecule has 1 aromatic rings. The number of carbonyl (C=O) groups is 1. The van der Waals surface area contributed by atoms with Crippen LogP contribution in [0.5, 0.6) is 0 Å². The molecule has 0 atom stereocenters. The van der Waals surface area contributed by atoms with Gasteiger partial charge in [0.2, 0.25) is 0 Å². The second kappa shape index (κ2) is 7.20. The fourth-order valence-corrected chi connectivity index (χ4v) is 3.66. The molecule has 1 aromatic heterocycles. The first-order valence-corrected chi connectivity index (χ1v) is 8.08. The van der Waals surface area contributed by atoms with Crippen LogP contribution in [0.2, 0.25) is 0 Å². The van der Waals surface area contributed by atoms with Crippen molar-refractivity contribution < 1.29 is 14.6 Å². The standard InChI is InChI=1S/C15H23NO3S/c1-3-12-10-14(20-11(12)2)15(18)16-6-4-13(5-7-16)19-9-8-17/h10,13,17H,3-9H2,1-2H3. The molecule has 112 valence electrons. The summed E-state index contributed by atoms with van der Waals surface area (Å²) in [5.41, 5.74) is 1.28. The molecular weight excluding hydrogens is 274 g/mol. The molecule has 0 aromatic carbocycles. The smallest absolute Gasteiger partial charge is 0.263 e. The van der Waals surface area contributed by atoms with E-state index >= 15 is 0 Å². The summed E-state index contributed by atoms with van der Waals surface area (Å²) in [6.07, 6.45) is 2.88. The zero-order chi connectivity index (χ0) is 14.5. The van der Waals surface area contributed by atoms with E-state index in [4.69, 9.17) is 9.84 Å². The normalized spacial score (nSPS) is 16.6. The molecule has 1 aliphatic heterocycles. The zero-order valence-corrected chi connectivity index (χ0v) is 13.0. The molecule has 0 unspecified atom stereocenters. The predicted molar refractivity (Wildman–Crippen MR) is 80.4 cm³/mol. The number of piperidine rings is 1. The van der Waals surface area contributed by atoms with Crippen molar-refractivity contribution in [2.24, 2.45) is 0 Å². The first-order chi connectivity index (χ1) is 9.65. The summed E-state index contributed by atoms with van der Waals surface area (Å²) in [6.45, 7) is 6.14. The van der Waals surface area contributed by atoms with Crippen LogP contribution in [-0.4, -0.2) is 48.3 Å². The molecule has 0 bridgehead atoms. The van der Waals surface area contributed by atoms with Crippen LogP contribution in [0.15, 0.2) is 6.07 Å². The van der Waals surface area contributed by atoms with E-state index in [1.165, 1.54) is 10.4 Å². The highest BCUT2D eigenvalue weighted by molar-refractivity contribution is 7.14. The van der Waals surface area contributed by atoms with Crippen LogP contribution in [0.25, 0.3) is 0 Å². The van der Waals surface area contributed by atoms with Gasteiger partial charge in [0.05, 0.1) is 24.2 Å². The van der Waals surface area contributed by atoms with Gasteiger partial charge in [0.25, 0.3) is 5.91 Å². The van der Waals surface area contributed by atoms with Gasteiger partial charge in [0, 0.05) is 18.0 Å². The Hall–Kier alpha value is -0.910. The van der Waals surface area contributed by atoms with Gasteiger partial charge < -0.3 is 14.7 Å². The van der Waals surface area contributed by atoms with Gasteiger partial charge in [-0.05, 0) is 37.8 Å². The second-order valence-electron chi connectivity index (χ2n) is 5.13. The van der Waals surface area contributed by atoms with Crippen LogP contribution in [0.3, 0.4) is 0 Å². The summed E-state index contributed by atoms with van der Waals surface area (Å²) in [7, 11) is 0. The summed E-state index contributed by atoms with van der Waals surface area (Å²) >= 11 is 1.60. The minimum absolute atomic E-state index is 0.0629. The van der Waals surface area contributed by atoms with Crippen LogP contribution in [0.4, 0.5) is 0 Å². The van der Waals surface area contributed by atoms with Crippen molar-refractivity contribution in [3.05, 3.63) is 21.4 Å². The zero-order valence-electron chi connectivity index (χ0n) is 12.2. The Balaban J connectivity index is 1.91. The Morgan fingerprint density at radius 1 is 1.50 bits per heavy atom. The maximum atomic E-state index is 12.5. The molecule has 1 fully saturated rings. The molecule has 0 radical (unpaired) electrons. The van der Waals surface area contributed by atoms with Gasteiger partial charge in [-0.15, -0.1) is 11.3 Å². The van der Waals surface area contributed by atoms with Crippen LogP contribution >= 0.6 is 11.3 Å². The van der Waals surface area contributed by atoms with Crippen molar-refractivity contribution >= 4 is 17.2 Å². The minimum atomic E-state index is 0.0629. The average Bonchev–Trinajstić information content (AvgIpc) is 2.86. The number of ether oxygens (including phenoxy) is 1. The van der Waals surface area contributed by atoms with Gasteiger partial charge in [-0.25, -0.2) is 0 Å². The third-order valence-electron chi connectivity index (χ3n) is 3.79. The van der Waals surface area contributed by atoms with Gasteiger partial charge in [0.1, 0.15) is 0 Å². The number of rotatable bonds is 5. The van der Waals surface area contributed by atoms with E-state index in [0.29, 0.717) is 6.61 Å². The fourth-order valence-electron chi connectivity index (χ4n) is 2.58. The second-order valence-corrected chi connectivity index (χ2v) is 6.39. The van der Waals surface area contributed by atoms with Crippen molar-refractivity contribution in [3.8, 4) is 0 Å². The summed E-state index contributed by atoms with van der Waals surface area (Å²) in [5.74, 6) is 0.151. The van der Waals surface area contributed by atoms with E-state index in [1.54, 1.807) is 11.3 Å². The highest BCUT2D eigenvalue weighted by atomic mass is 32.1. The monoisotopic (exact) mass is 297 g/mol. The predicted octanol–water partition coefficient (Wildman–Crippen LogP) is 2.23. The molecule has 5 heteroatoms. The molecule has 4 nitrogen and oxygen atoms in total. The van der Waals surface area contributed by atoms with E-state index in [9.17, 15) is 4.79 Å². The topological polar surface area (TPSA) is 49.8 Å². The number of hydrogen-bond acceptors (Lipinski definition) is 4. The first kappa shape index (κ1) is 15.5. The quantitative estimate of drug-likeness (QED) is 0.906. The van der Waals surface area contributed by atoms with Crippen molar-refractivity contribution in [2.75, 3.05) is 26.3 Å². The summed E-state index contributed by atoms with van der Waals surface area (Å²) in [4.78, 5) is 16.5. The SMILES string of the molecule is CCc1cc(C(=O)N2CCC(OCCO)CC2)sc1C. The van der Waals surface area contributed by atoms with E-state index in [1.807, 2.05) is 11.0 Å². The van der Waals surface area contributed by atoms with E-state index in [0.717, 1.165) is 37.2 Å². The lowest BCUT2D eigenvalue weighted by Crippen LogP contribution is -2.40. The number of carbonyl (C=O) groups excluding carboxylic acids is 1. The molecule has 1 amide bonds. The number of likely N-dealkylation sites (tertiary alicyclic amines) is 1. The molecule has 0 spiro atoms. The van der Waals surface area contributed by atoms with Crippen molar-refractivity contribution in [1.82, 2.24) is 4.90 Å². The summed E-state index contributed by atoms with van der Waals surface area (Å²) in [5, 5.41) is 8.75. The lowest BCUT2D eigenvalue weighted by Gasteiger charge is -2.31. The maximum Gasteiger partial charge on any atom is 0.263 e. The molecule has 2 rings (SSSR count). The largest absolute Gasteiger partial charge is 0.394 e. The Bertz CT molecular complexity index is 450. The van der Waals surface area contributed by atoms with Crippen molar-refractivity contribution in [2.45, 2.75) is 39.2 Å². The summed E-state index contributed by atoms with van der Waals surface area (Å²) in [6, 6.07) is 2.04. The van der Waals surface area contributed by atoms with Crippen LogP contribution in [0.1, 0.15) is 39.9 Å². The third-order valence-corrected chi connectivity index (χ3v) is 4.87. The molecule has 2 heterocycles. The number of aliphatic hydroxyl groups is 1. The molecular formula is C15H23NO3S. The molecule has 1 saturated heterocycles. The van der Waals surface area contributed by atoms with Crippen molar-refractivity contribution in [3.63, 3.8) is 0 Å². The molecule has 0 aliphatic carbocycles. The number of aryl methyl sites for hydroxylation is 2. The Kier molecular flexibility index (Phi) is 5.57. The Morgan fingerprint density at radius 2 is 2.20 bits per heavy atom. The maximum absolute atomic E-state index is 12.5. The lowest BCUT2D eigenvalue weighted by molar-refractivity contribution is -0.00545. The number of aliphatic hydroxyl groups excluding tert-OH is 1. The number of nitrogens with zero attached hydrogens (tertiary/aromatic N) is 1. The van der Waals surface area contributed by atoms with E-state index < -0.39 is 0 Å². The van der Waals surface area contributed by atoms with E-state index in [-0.39, 0.29) is 18.6 Å². The van der Waals surface area contributed by atoms with Gasteiger partial charge in [-0.1, -0.05) is 6.92 Å². The van der Waals surface area contributed by atoms with Gasteiger partial charge in [-0.2, -0.15) is 0 Å².